The van der Waals surface area contributed by atoms with Crippen molar-refractivity contribution >= 4 is 10.0 Å². The van der Waals surface area contributed by atoms with Crippen LogP contribution in [-0.4, -0.2) is 46.5 Å². The fourth-order valence-corrected chi connectivity index (χ4v) is 4.08. The van der Waals surface area contributed by atoms with Crippen LogP contribution in [0.4, 0.5) is 0 Å². The molecule has 18 heavy (non-hydrogen) atoms. The van der Waals surface area contributed by atoms with Crippen molar-refractivity contribution in [1.82, 2.24) is 10.0 Å². The van der Waals surface area contributed by atoms with Crippen LogP contribution in [0.15, 0.2) is 0 Å². The summed E-state index contributed by atoms with van der Waals surface area (Å²) in [4.78, 5) is 0. The molecule has 1 heterocycles. The van der Waals surface area contributed by atoms with E-state index in [1.165, 1.54) is 0 Å². The van der Waals surface area contributed by atoms with Gasteiger partial charge in [-0.25, -0.2) is 13.1 Å². The highest BCUT2D eigenvalue weighted by Gasteiger charge is 2.35. The van der Waals surface area contributed by atoms with E-state index in [4.69, 9.17) is 4.74 Å². The number of sulfonamides is 1. The molecule has 0 aromatic carbocycles. The van der Waals surface area contributed by atoms with Crippen LogP contribution in [0.5, 0.6) is 0 Å². The quantitative estimate of drug-likeness (QED) is 0.751. The van der Waals surface area contributed by atoms with Crippen LogP contribution in [-0.2, 0) is 14.8 Å². The zero-order chi connectivity index (χ0) is 13.9. The van der Waals surface area contributed by atoms with Gasteiger partial charge in [-0.15, -0.1) is 0 Å². The number of ether oxygens (including phenoxy) is 1. The molecule has 0 bridgehead atoms. The molecule has 1 aliphatic rings. The lowest BCUT2D eigenvalue weighted by Crippen LogP contribution is -2.53. The van der Waals surface area contributed by atoms with Crippen molar-refractivity contribution in [2.75, 3.05) is 32.6 Å². The van der Waals surface area contributed by atoms with E-state index in [0.717, 1.165) is 19.4 Å². The van der Waals surface area contributed by atoms with Gasteiger partial charge in [0.2, 0.25) is 10.0 Å². The molecule has 1 atom stereocenters. The van der Waals surface area contributed by atoms with Gasteiger partial charge in [0.15, 0.2) is 0 Å². The molecule has 0 aromatic rings. The molecule has 1 aliphatic heterocycles. The van der Waals surface area contributed by atoms with Crippen LogP contribution in [0.3, 0.4) is 0 Å². The molecule has 0 aliphatic carbocycles. The number of hydrogen-bond acceptors (Lipinski definition) is 4. The number of nitrogens with one attached hydrogen (secondary N) is 2. The maximum absolute atomic E-state index is 12.0. The molecule has 0 radical (unpaired) electrons. The molecule has 0 spiro atoms. The minimum Gasteiger partial charge on any atom is -0.383 e. The molecule has 2 N–H and O–H groups in total. The predicted octanol–water partition coefficient (Wildman–Crippen LogP) is 0.721. The summed E-state index contributed by atoms with van der Waals surface area (Å²) in [5.41, 5.74) is -0.469. The molecule has 1 saturated heterocycles. The Hall–Kier alpha value is -0.170. The summed E-state index contributed by atoms with van der Waals surface area (Å²) in [5.74, 6) is 0.142. The van der Waals surface area contributed by atoms with Gasteiger partial charge in [-0.3, -0.25) is 0 Å². The minimum atomic E-state index is -3.23. The first-order valence-corrected chi connectivity index (χ1v) is 8.05. The highest BCUT2D eigenvalue weighted by Crippen LogP contribution is 2.20. The first-order valence-electron chi connectivity index (χ1n) is 6.39. The monoisotopic (exact) mass is 278 g/mol. The summed E-state index contributed by atoms with van der Waals surface area (Å²) in [5, 5.41) is 3.35. The molecule has 108 valence electrons. The van der Waals surface area contributed by atoms with Gasteiger partial charge in [-0.05, 0) is 24.8 Å². The van der Waals surface area contributed by atoms with Crippen LogP contribution < -0.4 is 10.0 Å². The lowest BCUT2D eigenvalue weighted by Gasteiger charge is -2.29. The van der Waals surface area contributed by atoms with Gasteiger partial charge in [0.25, 0.3) is 0 Å². The molecular formula is C12H26N2O3S. The second-order valence-corrected chi connectivity index (χ2v) is 8.19. The SMILES string of the molecule is COCC1(CNS(=O)(=O)CC(C)(C)C)CCCN1. The minimum absolute atomic E-state index is 0.142. The van der Waals surface area contributed by atoms with Gasteiger partial charge in [-0.2, -0.15) is 0 Å². The van der Waals surface area contributed by atoms with E-state index in [-0.39, 0.29) is 16.7 Å². The first kappa shape index (κ1) is 15.9. The van der Waals surface area contributed by atoms with Gasteiger partial charge >= 0.3 is 0 Å². The molecule has 5 nitrogen and oxygen atoms in total. The summed E-state index contributed by atoms with van der Waals surface area (Å²) in [7, 11) is -1.58. The Balaban J connectivity index is 2.57. The Bertz CT molecular complexity index is 354. The molecular weight excluding hydrogens is 252 g/mol. The Morgan fingerprint density at radius 2 is 2.06 bits per heavy atom. The number of methoxy groups -OCH3 is 1. The first-order chi connectivity index (χ1) is 8.18. The third kappa shape index (κ3) is 5.22. The second kappa shape index (κ2) is 5.86. The summed E-state index contributed by atoms with van der Waals surface area (Å²) in [6, 6.07) is 0. The van der Waals surface area contributed by atoms with Crippen LogP contribution >= 0.6 is 0 Å². The van der Waals surface area contributed by atoms with Crippen LogP contribution in [0.25, 0.3) is 0 Å². The van der Waals surface area contributed by atoms with Crippen molar-refractivity contribution in [1.29, 1.82) is 0 Å². The van der Waals surface area contributed by atoms with E-state index in [2.05, 4.69) is 10.0 Å². The van der Waals surface area contributed by atoms with E-state index in [1.54, 1.807) is 7.11 Å². The van der Waals surface area contributed by atoms with Gasteiger partial charge in [0.1, 0.15) is 0 Å². The fourth-order valence-electron chi connectivity index (χ4n) is 2.34. The maximum Gasteiger partial charge on any atom is 0.212 e. The van der Waals surface area contributed by atoms with E-state index < -0.39 is 10.0 Å². The van der Waals surface area contributed by atoms with Crippen molar-refractivity contribution in [3.05, 3.63) is 0 Å². The van der Waals surface area contributed by atoms with E-state index in [0.29, 0.717) is 13.2 Å². The molecule has 0 saturated carbocycles. The van der Waals surface area contributed by atoms with Gasteiger partial charge in [0.05, 0.1) is 17.9 Å². The van der Waals surface area contributed by atoms with Crippen molar-refractivity contribution in [3.8, 4) is 0 Å². The van der Waals surface area contributed by atoms with Crippen LogP contribution in [0.2, 0.25) is 0 Å². The lowest BCUT2D eigenvalue weighted by atomic mass is 9.99. The zero-order valence-corrected chi connectivity index (χ0v) is 12.7. The van der Waals surface area contributed by atoms with E-state index >= 15 is 0 Å². The largest absolute Gasteiger partial charge is 0.383 e. The maximum atomic E-state index is 12.0. The standard InChI is InChI=1S/C12H26N2O3S/c1-11(2,3)10-18(15,16)14-8-12(9-17-4)6-5-7-13-12/h13-14H,5-10H2,1-4H3. The van der Waals surface area contributed by atoms with E-state index in [9.17, 15) is 8.42 Å². The summed E-state index contributed by atoms with van der Waals surface area (Å²) < 4.78 is 31.9. The Morgan fingerprint density at radius 1 is 1.39 bits per heavy atom. The summed E-state index contributed by atoms with van der Waals surface area (Å²) >= 11 is 0. The number of hydrogen-bond donors (Lipinski definition) is 2. The number of rotatable bonds is 6. The van der Waals surface area contributed by atoms with Crippen molar-refractivity contribution < 1.29 is 13.2 Å². The van der Waals surface area contributed by atoms with Crippen LogP contribution in [0.1, 0.15) is 33.6 Å². The van der Waals surface area contributed by atoms with Gasteiger partial charge in [-0.1, -0.05) is 20.8 Å². The highest BCUT2D eigenvalue weighted by molar-refractivity contribution is 7.89. The zero-order valence-electron chi connectivity index (χ0n) is 11.9. The van der Waals surface area contributed by atoms with Crippen molar-refractivity contribution in [3.63, 3.8) is 0 Å². The Morgan fingerprint density at radius 3 is 2.50 bits per heavy atom. The molecule has 1 rings (SSSR count). The fraction of sp³-hybridized carbons (Fsp3) is 1.00. The molecule has 0 amide bonds. The highest BCUT2D eigenvalue weighted by atomic mass is 32.2. The van der Waals surface area contributed by atoms with Crippen molar-refractivity contribution in [2.45, 2.75) is 39.2 Å². The Kier molecular flexibility index (Phi) is 5.17. The topological polar surface area (TPSA) is 67.4 Å². The predicted molar refractivity (Wildman–Crippen MR) is 73.1 cm³/mol. The molecule has 1 fully saturated rings. The van der Waals surface area contributed by atoms with Gasteiger partial charge in [0, 0.05) is 13.7 Å². The average Bonchev–Trinajstić information content (AvgIpc) is 2.61. The Labute approximate surface area is 111 Å². The molecule has 0 aromatic heterocycles. The molecule has 6 heteroatoms. The second-order valence-electron chi connectivity index (χ2n) is 6.38. The molecule has 1 unspecified atom stereocenters. The third-order valence-electron chi connectivity index (χ3n) is 3.01. The normalized spacial score (nSPS) is 25.6. The van der Waals surface area contributed by atoms with Gasteiger partial charge < -0.3 is 10.1 Å². The van der Waals surface area contributed by atoms with Crippen LogP contribution in [0, 0.1) is 5.41 Å². The smallest absolute Gasteiger partial charge is 0.212 e. The summed E-state index contributed by atoms with van der Waals surface area (Å²) in [6.07, 6.45) is 2.00. The summed E-state index contributed by atoms with van der Waals surface area (Å²) in [6.45, 7) is 7.62. The average molecular weight is 278 g/mol. The van der Waals surface area contributed by atoms with E-state index in [1.807, 2.05) is 20.8 Å². The third-order valence-corrected chi connectivity index (χ3v) is 4.84. The lowest BCUT2D eigenvalue weighted by molar-refractivity contribution is 0.122. The van der Waals surface area contributed by atoms with Crippen molar-refractivity contribution in [2.24, 2.45) is 5.41 Å².